The van der Waals surface area contributed by atoms with Gasteiger partial charge in [0.25, 0.3) is 0 Å². The Balaban J connectivity index is 2.25. The Morgan fingerprint density at radius 1 is 1.53 bits per heavy atom. The Hall–Kier alpha value is -2.11. The van der Waals surface area contributed by atoms with E-state index >= 15 is 0 Å². The van der Waals surface area contributed by atoms with E-state index in [1.807, 2.05) is 0 Å². The standard InChI is InChI=1S/C13H13FO5/c1-19-12(18)13(6-8(13)11(16)17)5-7-2-3-10(15)9(14)4-7/h2-4,8,15H,5-6H2,1H3,(H,16,17)/t8?,13-/m0/s1. The number of carboxylic acid groups (broad SMARTS) is 1. The zero-order valence-electron chi connectivity index (χ0n) is 10.2. The maximum absolute atomic E-state index is 13.2. The van der Waals surface area contributed by atoms with Crippen molar-refractivity contribution in [3.05, 3.63) is 29.6 Å². The second-order valence-corrected chi connectivity index (χ2v) is 4.71. The van der Waals surface area contributed by atoms with Gasteiger partial charge in [-0.15, -0.1) is 0 Å². The Morgan fingerprint density at radius 2 is 2.21 bits per heavy atom. The van der Waals surface area contributed by atoms with Gasteiger partial charge in [0, 0.05) is 0 Å². The van der Waals surface area contributed by atoms with E-state index in [2.05, 4.69) is 4.74 Å². The smallest absolute Gasteiger partial charge is 0.313 e. The minimum absolute atomic E-state index is 0.0772. The van der Waals surface area contributed by atoms with Crippen molar-refractivity contribution in [3.8, 4) is 5.75 Å². The molecule has 1 aromatic carbocycles. The van der Waals surface area contributed by atoms with Gasteiger partial charge in [0.1, 0.15) is 0 Å². The maximum atomic E-state index is 13.2. The van der Waals surface area contributed by atoms with E-state index < -0.39 is 34.8 Å². The fraction of sp³-hybridized carbons (Fsp3) is 0.385. The summed E-state index contributed by atoms with van der Waals surface area (Å²) in [5.41, 5.74) is -0.672. The molecule has 1 aromatic rings. The van der Waals surface area contributed by atoms with Gasteiger partial charge in [-0.2, -0.15) is 0 Å². The van der Waals surface area contributed by atoms with Crippen molar-refractivity contribution in [1.82, 2.24) is 0 Å². The number of rotatable bonds is 4. The largest absolute Gasteiger partial charge is 0.505 e. The van der Waals surface area contributed by atoms with Crippen LogP contribution in [0.5, 0.6) is 5.75 Å². The third kappa shape index (κ3) is 2.25. The average Bonchev–Trinajstić information content (AvgIpc) is 3.09. The summed E-state index contributed by atoms with van der Waals surface area (Å²) in [6, 6.07) is 3.73. The van der Waals surface area contributed by atoms with Crippen LogP contribution in [-0.4, -0.2) is 29.3 Å². The average molecular weight is 268 g/mol. The van der Waals surface area contributed by atoms with Crippen LogP contribution >= 0.6 is 0 Å². The van der Waals surface area contributed by atoms with Crippen LogP contribution in [0, 0.1) is 17.2 Å². The van der Waals surface area contributed by atoms with E-state index in [-0.39, 0.29) is 12.8 Å². The number of esters is 1. The molecule has 0 amide bonds. The first-order valence-corrected chi connectivity index (χ1v) is 5.69. The van der Waals surface area contributed by atoms with Crippen molar-refractivity contribution in [2.75, 3.05) is 7.11 Å². The van der Waals surface area contributed by atoms with Crippen LogP contribution in [0.1, 0.15) is 12.0 Å². The molecule has 19 heavy (non-hydrogen) atoms. The number of hydrogen-bond acceptors (Lipinski definition) is 4. The molecule has 1 aliphatic carbocycles. The lowest BCUT2D eigenvalue weighted by Gasteiger charge is -2.14. The van der Waals surface area contributed by atoms with Gasteiger partial charge in [-0.1, -0.05) is 6.07 Å². The normalized spacial score (nSPS) is 24.8. The predicted molar refractivity (Wildman–Crippen MR) is 62.0 cm³/mol. The summed E-state index contributed by atoms with van der Waals surface area (Å²) in [6.45, 7) is 0. The molecule has 2 N–H and O–H groups in total. The highest BCUT2D eigenvalue weighted by molar-refractivity contribution is 5.90. The van der Waals surface area contributed by atoms with Crippen molar-refractivity contribution in [1.29, 1.82) is 0 Å². The van der Waals surface area contributed by atoms with E-state index in [1.54, 1.807) is 0 Å². The highest BCUT2D eigenvalue weighted by Gasteiger charge is 2.64. The molecule has 0 heterocycles. The lowest BCUT2D eigenvalue weighted by Crippen LogP contribution is -2.25. The molecule has 5 nitrogen and oxygen atoms in total. The fourth-order valence-electron chi connectivity index (χ4n) is 2.35. The highest BCUT2D eigenvalue weighted by Crippen LogP contribution is 2.55. The summed E-state index contributed by atoms with van der Waals surface area (Å²) in [6.07, 6.45) is 0.255. The molecule has 0 aromatic heterocycles. The molecular formula is C13H13FO5. The van der Waals surface area contributed by atoms with Crippen LogP contribution < -0.4 is 0 Å². The number of benzene rings is 1. The number of hydrogen-bond donors (Lipinski definition) is 2. The van der Waals surface area contributed by atoms with Gasteiger partial charge < -0.3 is 14.9 Å². The highest BCUT2D eigenvalue weighted by atomic mass is 19.1. The van der Waals surface area contributed by atoms with Crippen molar-refractivity contribution in [3.63, 3.8) is 0 Å². The van der Waals surface area contributed by atoms with Crippen LogP contribution in [0.4, 0.5) is 4.39 Å². The van der Waals surface area contributed by atoms with Crippen molar-refractivity contribution < 1.29 is 28.9 Å². The van der Waals surface area contributed by atoms with Crippen LogP contribution in [0.25, 0.3) is 0 Å². The quantitative estimate of drug-likeness (QED) is 0.805. The number of carbonyl (C=O) groups is 2. The first kappa shape index (κ1) is 13.3. The number of carbonyl (C=O) groups excluding carboxylic acids is 1. The van der Waals surface area contributed by atoms with E-state index in [9.17, 15) is 14.0 Å². The Morgan fingerprint density at radius 3 is 2.68 bits per heavy atom. The van der Waals surface area contributed by atoms with Gasteiger partial charge in [0.15, 0.2) is 11.6 Å². The topological polar surface area (TPSA) is 83.8 Å². The number of halogens is 1. The van der Waals surface area contributed by atoms with Crippen LogP contribution in [0.15, 0.2) is 18.2 Å². The Labute approximate surface area is 108 Å². The molecule has 0 radical (unpaired) electrons. The minimum atomic E-state index is -1.12. The molecule has 1 fully saturated rings. The SMILES string of the molecule is COC(=O)[C@@]1(Cc2ccc(O)c(F)c2)CC1C(=O)O. The third-order valence-corrected chi connectivity index (χ3v) is 3.50. The molecule has 1 unspecified atom stereocenters. The summed E-state index contributed by atoms with van der Waals surface area (Å²) < 4.78 is 17.9. The van der Waals surface area contributed by atoms with Gasteiger partial charge in [0.05, 0.1) is 18.4 Å². The number of aliphatic carboxylic acids is 1. The van der Waals surface area contributed by atoms with Crippen molar-refractivity contribution in [2.45, 2.75) is 12.8 Å². The molecule has 0 spiro atoms. The summed E-state index contributed by atoms with van der Waals surface area (Å²) in [5.74, 6) is -3.76. The van der Waals surface area contributed by atoms with Crippen LogP contribution in [0.2, 0.25) is 0 Å². The third-order valence-electron chi connectivity index (χ3n) is 3.50. The lowest BCUT2D eigenvalue weighted by molar-refractivity contribution is -0.151. The van der Waals surface area contributed by atoms with Gasteiger partial charge in [-0.25, -0.2) is 4.39 Å². The summed E-state index contributed by atoms with van der Waals surface area (Å²) in [4.78, 5) is 22.7. The zero-order chi connectivity index (χ0) is 14.2. The van der Waals surface area contributed by atoms with E-state index in [0.29, 0.717) is 5.56 Å². The number of phenols is 1. The number of phenolic OH excluding ortho intramolecular Hbond substituents is 1. The van der Waals surface area contributed by atoms with Crippen LogP contribution in [-0.2, 0) is 20.7 Å². The predicted octanol–water partition coefficient (Wildman–Crippen LogP) is 1.34. The fourth-order valence-corrected chi connectivity index (χ4v) is 2.35. The number of aromatic hydroxyl groups is 1. The van der Waals surface area contributed by atoms with E-state index in [4.69, 9.17) is 10.2 Å². The lowest BCUT2D eigenvalue weighted by atomic mass is 9.93. The maximum Gasteiger partial charge on any atom is 0.313 e. The Kier molecular flexibility index (Phi) is 3.18. The van der Waals surface area contributed by atoms with Gasteiger partial charge in [-0.05, 0) is 30.5 Å². The Bertz CT molecular complexity index is 542. The van der Waals surface area contributed by atoms with E-state index in [0.717, 1.165) is 6.07 Å². The van der Waals surface area contributed by atoms with E-state index in [1.165, 1.54) is 19.2 Å². The molecule has 2 rings (SSSR count). The zero-order valence-corrected chi connectivity index (χ0v) is 10.2. The van der Waals surface area contributed by atoms with Crippen LogP contribution in [0.3, 0.4) is 0 Å². The monoisotopic (exact) mass is 268 g/mol. The molecular weight excluding hydrogens is 255 g/mol. The molecule has 102 valence electrons. The summed E-state index contributed by atoms with van der Waals surface area (Å²) in [7, 11) is 1.19. The summed E-state index contributed by atoms with van der Waals surface area (Å²) >= 11 is 0. The minimum Gasteiger partial charge on any atom is -0.505 e. The van der Waals surface area contributed by atoms with Gasteiger partial charge in [-0.3, -0.25) is 9.59 Å². The first-order chi connectivity index (χ1) is 8.90. The second kappa shape index (κ2) is 4.53. The molecule has 0 aliphatic heterocycles. The first-order valence-electron chi connectivity index (χ1n) is 5.69. The molecule has 6 heteroatoms. The van der Waals surface area contributed by atoms with Gasteiger partial charge >= 0.3 is 11.9 Å². The second-order valence-electron chi connectivity index (χ2n) is 4.71. The molecule has 1 saturated carbocycles. The summed E-state index contributed by atoms with van der Waals surface area (Å²) in [5, 5.41) is 18.1. The number of carboxylic acids is 1. The molecule has 2 atom stereocenters. The number of methoxy groups -OCH3 is 1. The van der Waals surface area contributed by atoms with Crippen molar-refractivity contribution >= 4 is 11.9 Å². The molecule has 0 saturated heterocycles. The molecule has 0 bridgehead atoms. The van der Waals surface area contributed by atoms with Gasteiger partial charge in [0.2, 0.25) is 0 Å². The molecule has 1 aliphatic rings. The van der Waals surface area contributed by atoms with Crippen molar-refractivity contribution in [2.24, 2.45) is 11.3 Å². The number of ether oxygens (including phenoxy) is 1.